The first-order valence-corrected chi connectivity index (χ1v) is 5.31. The molecule has 0 aliphatic heterocycles. The predicted octanol–water partition coefficient (Wildman–Crippen LogP) is 2.71. The van der Waals surface area contributed by atoms with E-state index in [2.05, 4.69) is 19.6 Å². The lowest BCUT2D eigenvalue weighted by Gasteiger charge is -2.16. The number of benzene rings is 1. The summed E-state index contributed by atoms with van der Waals surface area (Å²) in [6.07, 6.45) is 1.99. The summed E-state index contributed by atoms with van der Waals surface area (Å²) in [5.41, 5.74) is 16.8. The molecule has 1 aromatic rings. The van der Waals surface area contributed by atoms with Crippen LogP contribution in [0.3, 0.4) is 0 Å². The van der Waals surface area contributed by atoms with Gasteiger partial charge < -0.3 is 11.5 Å². The zero-order valence-electron chi connectivity index (χ0n) is 9.02. The first-order valence-electron chi connectivity index (χ1n) is 4.86. The fourth-order valence-electron chi connectivity index (χ4n) is 1.65. The van der Waals surface area contributed by atoms with Gasteiger partial charge in [-0.2, -0.15) is 0 Å². The number of nitrogen functional groups attached to an aromatic ring is 2. The molecule has 0 bridgehead atoms. The summed E-state index contributed by atoms with van der Waals surface area (Å²) in [5.74, 6) is 0. The maximum atomic E-state index is 6.01. The average molecular weight is 210 g/mol. The highest BCUT2D eigenvalue weighted by molar-refractivity contribution is 7.80. The molecule has 0 unspecified atom stereocenters. The number of nitrogens with two attached hydrogens (primary N) is 2. The van der Waals surface area contributed by atoms with Crippen molar-refractivity contribution in [1.82, 2.24) is 0 Å². The van der Waals surface area contributed by atoms with Crippen molar-refractivity contribution in [2.75, 3.05) is 11.5 Å². The molecular formula is C11H18N2S. The Morgan fingerprint density at radius 2 is 1.50 bits per heavy atom. The first-order chi connectivity index (χ1) is 6.50. The quantitative estimate of drug-likeness (QED) is 0.519. The van der Waals surface area contributed by atoms with Crippen LogP contribution in [-0.2, 0) is 6.42 Å². The molecule has 4 N–H and O–H groups in total. The second-order valence-electron chi connectivity index (χ2n) is 3.65. The smallest absolute Gasteiger partial charge is 0.0408 e. The first kappa shape index (κ1) is 11.2. The van der Waals surface area contributed by atoms with Crippen molar-refractivity contribution in [3.8, 4) is 0 Å². The van der Waals surface area contributed by atoms with Crippen LogP contribution in [0, 0.1) is 13.8 Å². The van der Waals surface area contributed by atoms with E-state index < -0.39 is 0 Å². The molecule has 0 saturated heterocycles. The Morgan fingerprint density at radius 1 is 1.07 bits per heavy atom. The molecule has 0 atom stereocenters. The van der Waals surface area contributed by atoms with Gasteiger partial charge in [-0.05, 0) is 37.0 Å². The molecule has 0 saturated carbocycles. The molecule has 0 aliphatic carbocycles. The van der Waals surface area contributed by atoms with Gasteiger partial charge in [0.2, 0.25) is 0 Å². The fraction of sp³-hybridized carbons (Fsp3) is 0.455. The molecule has 14 heavy (non-hydrogen) atoms. The lowest BCUT2D eigenvalue weighted by Crippen LogP contribution is -2.06. The van der Waals surface area contributed by atoms with E-state index in [0.29, 0.717) is 0 Å². The van der Waals surface area contributed by atoms with Gasteiger partial charge >= 0.3 is 0 Å². The Hall–Kier alpha value is -0.830. The minimum atomic E-state index is 0.806. The maximum absolute atomic E-state index is 6.01. The summed E-state index contributed by atoms with van der Waals surface area (Å²) in [6, 6.07) is 0. The summed E-state index contributed by atoms with van der Waals surface area (Å²) < 4.78 is 0. The van der Waals surface area contributed by atoms with Crippen LogP contribution in [0.4, 0.5) is 11.4 Å². The molecule has 3 heteroatoms. The van der Waals surface area contributed by atoms with Crippen LogP contribution >= 0.6 is 12.6 Å². The van der Waals surface area contributed by atoms with E-state index in [1.54, 1.807) is 0 Å². The van der Waals surface area contributed by atoms with Gasteiger partial charge in [0.05, 0.1) is 0 Å². The van der Waals surface area contributed by atoms with Gasteiger partial charge in [0.1, 0.15) is 0 Å². The highest BCUT2D eigenvalue weighted by atomic mass is 32.1. The van der Waals surface area contributed by atoms with Gasteiger partial charge in [0, 0.05) is 16.3 Å². The molecule has 0 fully saturated rings. The van der Waals surface area contributed by atoms with Crippen LogP contribution < -0.4 is 11.5 Å². The van der Waals surface area contributed by atoms with E-state index in [-0.39, 0.29) is 0 Å². The highest BCUT2D eigenvalue weighted by Gasteiger charge is 2.12. The van der Waals surface area contributed by atoms with E-state index in [4.69, 9.17) is 11.5 Å². The zero-order valence-corrected chi connectivity index (χ0v) is 9.91. The standard InChI is InChI=1S/C11H18N2S/c1-4-5-8-9(12)6(2)11(14)7(3)10(8)13/h14H,4-5,12-13H2,1-3H3. The molecule has 78 valence electrons. The van der Waals surface area contributed by atoms with Crippen LogP contribution in [0.2, 0.25) is 0 Å². The van der Waals surface area contributed by atoms with E-state index in [0.717, 1.165) is 45.8 Å². The topological polar surface area (TPSA) is 52.0 Å². The Morgan fingerprint density at radius 3 is 1.86 bits per heavy atom. The minimum Gasteiger partial charge on any atom is -0.398 e. The summed E-state index contributed by atoms with van der Waals surface area (Å²) in [4.78, 5) is 0.917. The molecule has 0 aliphatic rings. The van der Waals surface area contributed by atoms with Gasteiger partial charge in [-0.1, -0.05) is 13.3 Å². The molecule has 0 radical (unpaired) electrons. The Balaban J connectivity index is 3.43. The molecular weight excluding hydrogens is 192 g/mol. The zero-order chi connectivity index (χ0) is 10.9. The van der Waals surface area contributed by atoms with Gasteiger partial charge in [-0.25, -0.2) is 0 Å². The molecule has 1 rings (SSSR count). The third-order valence-corrected chi connectivity index (χ3v) is 3.34. The fourth-order valence-corrected chi connectivity index (χ4v) is 1.89. The molecule has 0 aromatic heterocycles. The van der Waals surface area contributed by atoms with E-state index in [9.17, 15) is 0 Å². The third-order valence-electron chi connectivity index (χ3n) is 2.67. The third kappa shape index (κ3) is 1.69. The van der Waals surface area contributed by atoms with Gasteiger partial charge in [-0.15, -0.1) is 12.6 Å². The van der Waals surface area contributed by atoms with Crippen LogP contribution in [0.25, 0.3) is 0 Å². The highest BCUT2D eigenvalue weighted by Crippen LogP contribution is 2.34. The van der Waals surface area contributed by atoms with Crippen molar-refractivity contribution in [2.45, 2.75) is 38.5 Å². The van der Waals surface area contributed by atoms with Gasteiger partial charge in [-0.3, -0.25) is 0 Å². The van der Waals surface area contributed by atoms with Crippen molar-refractivity contribution in [3.05, 3.63) is 16.7 Å². The SMILES string of the molecule is CCCc1c(N)c(C)c(S)c(C)c1N. The van der Waals surface area contributed by atoms with E-state index >= 15 is 0 Å². The molecule has 0 heterocycles. The van der Waals surface area contributed by atoms with Crippen LogP contribution in [0.15, 0.2) is 4.90 Å². The van der Waals surface area contributed by atoms with Crippen LogP contribution in [0.5, 0.6) is 0 Å². The van der Waals surface area contributed by atoms with Crippen LogP contribution in [-0.4, -0.2) is 0 Å². The van der Waals surface area contributed by atoms with Crippen LogP contribution in [0.1, 0.15) is 30.0 Å². The number of hydrogen-bond donors (Lipinski definition) is 3. The van der Waals surface area contributed by atoms with Gasteiger partial charge in [0.25, 0.3) is 0 Å². The van der Waals surface area contributed by atoms with Crippen molar-refractivity contribution in [2.24, 2.45) is 0 Å². The largest absolute Gasteiger partial charge is 0.398 e. The minimum absolute atomic E-state index is 0.806. The number of anilines is 2. The van der Waals surface area contributed by atoms with Crippen molar-refractivity contribution < 1.29 is 0 Å². The second-order valence-corrected chi connectivity index (χ2v) is 4.10. The van der Waals surface area contributed by atoms with E-state index in [1.807, 2.05) is 13.8 Å². The Bertz CT molecular complexity index is 330. The second kappa shape index (κ2) is 4.13. The number of thiol groups is 1. The van der Waals surface area contributed by atoms with Crippen molar-refractivity contribution in [1.29, 1.82) is 0 Å². The summed E-state index contributed by atoms with van der Waals surface area (Å²) in [7, 11) is 0. The molecule has 1 aromatic carbocycles. The van der Waals surface area contributed by atoms with E-state index in [1.165, 1.54) is 0 Å². The summed E-state index contributed by atoms with van der Waals surface area (Å²) in [6.45, 7) is 6.10. The number of hydrogen-bond acceptors (Lipinski definition) is 3. The number of rotatable bonds is 2. The summed E-state index contributed by atoms with van der Waals surface area (Å²) in [5, 5.41) is 0. The van der Waals surface area contributed by atoms with Crippen molar-refractivity contribution in [3.63, 3.8) is 0 Å². The molecule has 2 nitrogen and oxygen atoms in total. The monoisotopic (exact) mass is 210 g/mol. The Labute approximate surface area is 91.1 Å². The Kier molecular flexibility index (Phi) is 3.32. The normalized spacial score (nSPS) is 10.6. The average Bonchev–Trinajstić information content (AvgIpc) is 2.19. The lowest BCUT2D eigenvalue weighted by molar-refractivity contribution is 0.920. The van der Waals surface area contributed by atoms with Crippen molar-refractivity contribution >= 4 is 24.0 Å². The lowest BCUT2D eigenvalue weighted by atomic mass is 9.98. The maximum Gasteiger partial charge on any atom is 0.0408 e. The molecule has 0 spiro atoms. The van der Waals surface area contributed by atoms with Gasteiger partial charge in [0.15, 0.2) is 0 Å². The summed E-state index contributed by atoms with van der Waals surface area (Å²) >= 11 is 4.41. The molecule has 0 amide bonds. The predicted molar refractivity (Wildman–Crippen MR) is 66.0 cm³/mol.